The predicted molar refractivity (Wildman–Crippen MR) is 88.3 cm³/mol. The first kappa shape index (κ1) is 15.7. The molecule has 23 heavy (non-hydrogen) atoms. The first-order valence-corrected chi connectivity index (χ1v) is 10.5. The van der Waals surface area contributed by atoms with Crippen LogP contribution in [0.5, 0.6) is 0 Å². The zero-order valence-electron chi connectivity index (χ0n) is 13.2. The van der Waals surface area contributed by atoms with E-state index in [4.69, 9.17) is 4.74 Å². The molecule has 4 rings (SSSR count). The Bertz CT molecular complexity index is 688. The Morgan fingerprint density at radius 3 is 2.87 bits per heavy atom. The summed E-state index contributed by atoms with van der Waals surface area (Å²) in [6, 6.07) is -0.00884. The van der Waals surface area contributed by atoms with Gasteiger partial charge in [0.2, 0.25) is 15.2 Å². The molecular weight excluding hydrogens is 336 g/mol. The number of hydrogen-bond donors (Lipinski definition) is 1. The second kappa shape index (κ2) is 5.65. The molecule has 2 saturated heterocycles. The molecule has 3 fully saturated rings. The van der Waals surface area contributed by atoms with Gasteiger partial charge in [-0.1, -0.05) is 11.3 Å². The van der Waals surface area contributed by atoms with Crippen molar-refractivity contribution in [3.05, 3.63) is 5.01 Å². The molecule has 7 nitrogen and oxygen atoms in total. The fraction of sp³-hybridized carbons (Fsp3) is 0.857. The maximum Gasteiger partial charge on any atom is 0.214 e. The van der Waals surface area contributed by atoms with Gasteiger partial charge in [-0.2, -0.15) is 0 Å². The Morgan fingerprint density at radius 1 is 1.35 bits per heavy atom. The Balaban J connectivity index is 1.42. The second-order valence-corrected chi connectivity index (χ2v) is 10.0. The number of aryl methyl sites for hydroxylation is 1. The van der Waals surface area contributed by atoms with Crippen molar-refractivity contribution in [1.82, 2.24) is 14.9 Å². The molecule has 1 N–H and O–H groups in total. The average Bonchev–Trinajstić information content (AvgIpc) is 3.17. The molecule has 1 aliphatic carbocycles. The summed E-state index contributed by atoms with van der Waals surface area (Å²) in [6.45, 7) is 4.22. The van der Waals surface area contributed by atoms with E-state index < -0.39 is 10.0 Å². The maximum atomic E-state index is 12.2. The summed E-state index contributed by atoms with van der Waals surface area (Å²) in [5, 5.41) is 10.0. The van der Waals surface area contributed by atoms with Gasteiger partial charge in [0.25, 0.3) is 0 Å². The highest BCUT2D eigenvalue weighted by Crippen LogP contribution is 2.38. The Morgan fingerprint density at radius 2 is 2.17 bits per heavy atom. The molecule has 2 atom stereocenters. The highest BCUT2D eigenvalue weighted by Gasteiger charge is 2.46. The van der Waals surface area contributed by atoms with Crippen LogP contribution < -0.4 is 9.62 Å². The number of nitrogens with zero attached hydrogens (tertiary/aromatic N) is 3. The third-order valence-electron chi connectivity index (χ3n) is 4.89. The third kappa shape index (κ3) is 3.24. The maximum absolute atomic E-state index is 12.2. The van der Waals surface area contributed by atoms with E-state index >= 15 is 0 Å². The average molecular weight is 358 g/mol. The van der Waals surface area contributed by atoms with Crippen molar-refractivity contribution in [3.8, 4) is 0 Å². The number of ether oxygens (including phenoxy) is 1. The SMILES string of the molecule is Cc1nnc(N2CC[C@@]3(C[C@H](NS(=O)(=O)C4CC4)CCO3)C2)s1. The van der Waals surface area contributed by atoms with Gasteiger partial charge >= 0.3 is 0 Å². The molecule has 3 aliphatic rings. The standard InChI is InChI=1S/C14H22N4O3S2/c1-10-15-16-13(22-10)18-6-5-14(9-18)8-11(4-7-21-14)17-23(19,20)12-2-3-12/h11-12,17H,2-9H2,1H3/t11-,14-/m1/s1. The Hall–Kier alpha value is -0.770. The zero-order chi connectivity index (χ0) is 16.1. The molecule has 0 aromatic carbocycles. The smallest absolute Gasteiger partial charge is 0.214 e. The lowest BCUT2D eigenvalue weighted by Crippen LogP contribution is -2.50. The van der Waals surface area contributed by atoms with Crippen molar-refractivity contribution in [3.63, 3.8) is 0 Å². The van der Waals surface area contributed by atoms with E-state index in [0.717, 1.165) is 55.3 Å². The molecule has 1 spiro atoms. The lowest BCUT2D eigenvalue weighted by molar-refractivity contribution is -0.0706. The van der Waals surface area contributed by atoms with Gasteiger partial charge in [0.05, 0.1) is 10.9 Å². The minimum Gasteiger partial charge on any atom is -0.373 e. The van der Waals surface area contributed by atoms with E-state index in [9.17, 15) is 8.42 Å². The summed E-state index contributed by atoms with van der Waals surface area (Å²) in [6.07, 6.45) is 4.01. The van der Waals surface area contributed by atoms with Crippen molar-refractivity contribution in [2.45, 2.75) is 55.9 Å². The summed E-state index contributed by atoms with van der Waals surface area (Å²) in [7, 11) is -3.13. The molecule has 1 aromatic rings. The van der Waals surface area contributed by atoms with E-state index in [-0.39, 0.29) is 16.9 Å². The number of sulfonamides is 1. The first-order chi connectivity index (χ1) is 11.0. The zero-order valence-corrected chi connectivity index (χ0v) is 14.8. The van der Waals surface area contributed by atoms with Gasteiger partial charge in [0, 0.05) is 25.7 Å². The Kier molecular flexibility index (Phi) is 3.86. The first-order valence-electron chi connectivity index (χ1n) is 8.16. The molecule has 0 amide bonds. The largest absolute Gasteiger partial charge is 0.373 e. The molecule has 0 radical (unpaired) electrons. The van der Waals surface area contributed by atoms with E-state index in [0.29, 0.717) is 6.61 Å². The van der Waals surface area contributed by atoms with Crippen molar-refractivity contribution in [2.75, 3.05) is 24.6 Å². The molecule has 9 heteroatoms. The van der Waals surface area contributed by atoms with Gasteiger partial charge in [-0.3, -0.25) is 0 Å². The number of hydrogen-bond acceptors (Lipinski definition) is 7. The molecule has 1 saturated carbocycles. The number of anilines is 1. The van der Waals surface area contributed by atoms with Crippen LogP contribution in [0.3, 0.4) is 0 Å². The highest BCUT2D eigenvalue weighted by atomic mass is 32.2. The topological polar surface area (TPSA) is 84.4 Å². The van der Waals surface area contributed by atoms with Crippen LogP contribution in [0.25, 0.3) is 0 Å². The van der Waals surface area contributed by atoms with E-state index in [1.165, 1.54) is 0 Å². The van der Waals surface area contributed by atoms with Gasteiger partial charge in [-0.05, 0) is 39.0 Å². The van der Waals surface area contributed by atoms with E-state index in [1.54, 1.807) is 11.3 Å². The van der Waals surface area contributed by atoms with Crippen molar-refractivity contribution >= 4 is 26.5 Å². The molecule has 1 aromatic heterocycles. The van der Waals surface area contributed by atoms with Crippen LogP contribution in [-0.2, 0) is 14.8 Å². The van der Waals surface area contributed by atoms with Crippen LogP contribution in [0.1, 0.15) is 37.1 Å². The molecule has 3 heterocycles. The molecular formula is C14H22N4O3S2. The lowest BCUT2D eigenvalue weighted by Gasteiger charge is -2.38. The van der Waals surface area contributed by atoms with Gasteiger partial charge in [-0.15, -0.1) is 10.2 Å². The monoisotopic (exact) mass is 358 g/mol. The highest BCUT2D eigenvalue weighted by molar-refractivity contribution is 7.90. The van der Waals surface area contributed by atoms with E-state index in [1.807, 2.05) is 6.92 Å². The molecule has 0 unspecified atom stereocenters. The fourth-order valence-corrected chi connectivity index (χ4v) is 5.87. The number of rotatable bonds is 4. The van der Waals surface area contributed by atoms with Crippen LogP contribution in [0.4, 0.5) is 5.13 Å². The lowest BCUT2D eigenvalue weighted by atomic mass is 9.90. The second-order valence-electron chi connectivity index (χ2n) is 6.86. The van der Waals surface area contributed by atoms with Crippen molar-refractivity contribution in [1.29, 1.82) is 0 Å². The summed E-state index contributed by atoms with van der Waals surface area (Å²) >= 11 is 1.59. The quantitative estimate of drug-likeness (QED) is 0.866. The van der Waals surface area contributed by atoms with Gasteiger partial charge in [-0.25, -0.2) is 13.1 Å². The molecule has 0 bridgehead atoms. The van der Waals surface area contributed by atoms with Gasteiger partial charge in [0.1, 0.15) is 5.01 Å². The third-order valence-corrected chi connectivity index (χ3v) is 7.80. The Labute approximate surface area is 140 Å². The number of nitrogens with one attached hydrogen (secondary N) is 1. The fourth-order valence-electron chi connectivity index (χ4n) is 3.54. The van der Waals surface area contributed by atoms with Crippen LogP contribution in [0.2, 0.25) is 0 Å². The predicted octanol–water partition coefficient (Wildman–Crippen LogP) is 1.06. The van der Waals surface area contributed by atoms with Crippen LogP contribution in [0, 0.1) is 6.92 Å². The van der Waals surface area contributed by atoms with Gasteiger partial charge in [0.15, 0.2) is 0 Å². The van der Waals surface area contributed by atoms with Crippen LogP contribution >= 0.6 is 11.3 Å². The van der Waals surface area contributed by atoms with Crippen LogP contribution in [-0.4, -0.2) is 55.2 Å². The van der Waals surface area contributed by atoms with Crippen LogP contribution in [0.15, 0.2) is 0 Å². The summed E-state index contributed by atoms with van der Waals surface area (Å²) in [5.74, 6) is 0. The number of aromatic nitrogens is 2. The molecule has 2 aliphatic heterocycles. The normalized spacial score (nSPS) is 31.9. The van der Waals surface area contributed by atoms with Gasteiger partial charge < -0.3 is 9.64 Å². The summed E-state index contributed by atoms with van der Waals surface area (Å²) in [4.78, 5) is 2.21. The van der Waals surface area contributed by atoms with Crippen molar-refractivity contribution < 1.29 is 13.2 Å². The van der Waals surface area contributed by atoms with Crippen molar-refractivity contribution in [2.24, 2.45) is 0 Å². The minimum absolute atomic E-state index is 0.00884. The minimum atomic E-state index is -3.13. The van der Waals surface area contributed by atoms with E-state index in [2.05, 4.69) is 19.8 Å². The summed E-state index contributed by atoms with van der Waals surface area (Å²) < 4.78 is 33.3. The molecule has 128 valence electrons. The summed E-state index contributed by atoms with van der Waals surface area (Å²) in [5.41, 5.74) is -0.255.